The Bertz CT molecular complexity index is 1430. The summed E-state index contributed by atoms with van der Waals surface area (Å²) in [7, 11) is 0. The molecule has 0 spiro atoms. The van der Waals surface area contributed by atoms with Gasteiger partial charge in [-0.2, -0.15) is 11.6 Å². The number of rotatable bonds is 3. The molecule has 1 aliphatic carbocycles. The van der Waals surface area contributed by atoms with Crippen molar-refractivity contribution in [3.63, 3.8) is 0 Å². The van der Waals surface area contributed by atoms with E-state index < -0.39 is 0 Å². The first-order chi connectivity index (χ1) is 17.9. The van der Waals surface area contributed by atoms with Crippen molar-refractivity contribution in [1.29, 1.82) is 0 Å². The van der Waals surface area contributed by atoms with Gasteiger partial charge in [0.15, 0.2) is 0 Å². The van der Waals surface area contributed by atoms with E-state index in [9.17, 15) is 0 Å². The number of hydrogen-bond donors (Lipinski definition) is 0. The summed E-state index contributed by atoms with van der Waals surface area (Å²) in [5.74, 6) is 0.685. The van der Waals surface area contributed by atoms with Crippen molar-refractivity contribution in [3.05, 3.63) is 149 Å². The van der Waals surface area contributed by atoms with E-state index in [2.05, 4.69) is 149 Å². The molecule has 182 valence electrons. The summed E-state index contributed by atoms with van der Waals surface area (Å²) < 4.78 is 1.42. The van der Waals surface area contributed by atoms with Gasteiger partial charge in [-0.05, 0) is 13.8 Å². The molecule has 5 aromatic carbocycles. The summed E-state index contributed by atoms with van der Waals surface area (Å²) in [6.45, 7) is 8.69. The number of fused-ring (bicyclic) bond motifs is 3. The minimum absolute atomic E-state index is 0.685. The van der Waals surface area contributed by atoms with Crippen LogP contribution < -0.4 is 0 Å². The van der Waals surface area contributed by atoms with Gasteiger partial charge in [0.1, 0.15) is 0 Å². The van der Waals surface area contributed by atoms with Gasteiger partial charge in [-0.15, -0.1) is 46.2 Å². The van der Waals surface area contributed by atoms with Gasteiger partial charge in [-0.3, -0.25) is 6.08 Å². The van der Waals surface area contributed by atoms with Crippen LogP contribution in [0.4, 0.5) is 0 Å². The van der Waals surface area contributed by atoms with Crippen LogP contribution in [0.15, 0.2) is 121 Å². The van der Waals surface area contributed by atoms with E-state index in [1.165, 1.54) is 76.8 Å². The molecule has 0 fully saturated rings. The Balaban J connectivity index is 0.000000136. The van der Waals surface area contributed by atoms with E-state index in [4.69, 9.17) is 0 Å². The van der Waals surface area contributed by atoms with Crippen LogP contribution in [0.2, 0.25) is 0 Å². The van der Waals surface area contributed by atoms with Crippen LogP contribution in [0, 0.1) is 25.8 Å². The first-order valence-electron chi connectivity index (χ1n) is 12.9. The van der Waals surface area contributed by atoms with Gasteiger partial charge in [0.2, 0.25) is 0 Å². The van der Waals surface area contributed by atoms with Gasteiger partial charge in [-0.1, -0.05) is 55.2 Å². The summed E-state index contributed by atoms with van der Waals surface area (Å²) in [5, 5.41) is 5.46. The fourth-order valence-corrected chi connectivity index (χ4v) is 5.27. The van der Waals surface area contributed by atoms with Crippen molar-refractivity contribution in [2.45, 2.75) is 34.1 Å². The normalized spacial score (nSPS) is 12.1. The zero-order valence-electron chi connectivity index (χ0n) is 22.3. The Kier molecular flexibility index (Phi) is 9.48. The fourth-order valence-electron chi connectivity index (χ4n) is 4.45. The van der Waals surface area contributed by atoms with Gasteiger partial charge < -0.3 is 0 Å². The molecule has 0 saturated carbocycles. The molecule has 5 aromatic rings. The Hall–Kier alpha value is -3.02. The van der Waals surface area contributed by atoms with Gasteiger partial charge in [0.25, 0.3) is 0 Å². The van der Waals surface area contributed by atoms with Crippen molar-refractivity contribution in [3.8, 4) is 0 Å². The van der Waals surface area contributed by atoms with Crippen LogP contribution in [0.1, 0.15) is 42.5 Å². The van der Waals surface area contributed by atoms with E-state index in [0.29, 0.717) is 5.92 Å². The molecule has 0 atom stereocenters. The number of benzene rings is 4. The average molecular weight is 558 g/mol. The van der Waals surface area contributed by atoms with Crippen LogP contribution in [-0.2, 0) is 24.2 Å². The number of aryl methyl sites for hydroxylation is 2. The topological polar surface area (TPSA) is 0 Å². The Morgan fingerprint density at radius 1 is 0.730 bits per heavy atom. The molecule has 0 unspecified atom stereocenters. The average Bonchev–Trinajstić information content (AvgIpc) is 3.58. The van der Waals surface area contributed by atoms with E-state index in [0.717, 1.165) is 6.42 Å². The van der Waals surface area contributed by atoms with Gasteiger partial charge in [0.05, 0.1) is 0 Å². The Morgan fingerprint density at radius 2 is 1.22 bits per heavy atom. The third kappa shape index (κ3) is 7.27. The first-order valence-corrected chi connectivity index (χ1v) is 14.2. The maximum atomic E-state index is 3.14. The standard InChI is InChI=1S/C15H13.C13H10.C8H11.Zr/c1-10-3-5-14-12(7-10)9-13-8-11(2)4-6-15(13)14;1-3-7-12(8-4-1)11-13-9-5-2-6-10-13;1-7(2)8-5-3-4-6-8;/h3-9H,1-2H3;1-10H;5-7H,3H2,1-2H3;/q-1;;-1;+2. The number of allylic oxidation sites excluding steroid dienone is 4. The van der Waals surface area contributed by atoms with Crippen molar-refractivity contribution in [2.24, 2.45) is 5.92 Å². The summed E-state index contributed by atoms with van der Waals surface area (Å²) in [5.41, 5.74) is 6.75. The SMILES string of the molecule is CC(C)C1=CC[C-]=C1.Cc1ccc2c(c1)[cH-]c1cc(C)ccc12.[Zr+2]=[C](c1ccccc1)c1ccccc1. The molecule has 0 heterocycles. The van der Waals surface area contributed by atoms with Crippen LogP contribution in [0.5, 0.6) is 0 Å². The van der Waals surface area contributed by atoms with E-state index in [1.54, 1.807) is 0 Å². The second kappa shape index (κ2) is 13.0. The third-order valence-corrected chi connectivity index (χ3v) is 7.95. The van der Waals surface area contributed by atoms with E-state index >= 15 is 0 Å². The molecule has 0 saturated heterocycles. The van der Waals surface area contributed by atoms with Crippen molar-refractivity contribution in [2.75, 3.05) is 0 Å². The second-order valence-corrected chi connectivity index (χ2v) is 11.1. The number of hydrogen-bond acceptors (Lipinski definition) is 0. The van der Waals surface area contributed by atoms with E-state index in [-0.39, 0.29) is 0 Å². The van der Waals surface area contributed by atoms with E-state index in [1.807, 2.05) is 0 Å². The van der Waals surface area contributed by atoms with Crippen LogP contribution in [-0.4, -0.2) is 3.21 Å². The van der Waals surface area contributed by atoms with Crippen molar-refractivity contribution in [1.82, 2.24) is 0 Å². The summed E-state index contributed by atoms with van der Waals surface area (Å²) in [6.07, 6.45) is 8.47. The molecule has 0 aromatic heterocycles. The maximum absolute atomic E-state index is 3.14. The van der Waals surface area contributed by atoms with Crippen molar-refractivity contribution < 1.29 is 24.2 Å². The Morgan fingerprint density at radius 3 is 1.59 bits per heavy atom. The van der Waals surface area contributed by atoms with Gasteiger partial charge in [-0.25, -0.2) is 6.08 Å². The van der Waals surface area contributed by atoms with Gasteiger partial charge >= 0.3 is 99.2 Å². The zero-order chi connectivity index (χ0) is 26.2. The molecule has 0 N–H and O–H groups in total. The first kappa shape index (κ1) is 27.0. The predicted octanol–water partition coefficient (Wildman–Crippen LogP) is 9.46. The van der Waals surface area contributed by atoms with Crippen LogP contribution >= 0.6 is 0 Å². The molecule has 0 amide bonds. The molecular formula is C36H34Zr. The summed E-state index contributed by atoms with van der Waals surface area (Å²) in [6, 6.07) is 36.7. The zero-order valence-corrected chi connectivity index (χ0v) is 24.7. The molecule has 6 rings (SSSR count). The Labute approximate surface area is 237 Å². The van der Waals surface area contributed by atoms with Crippen molar-refractivity contribution >= 4 is 24.8 Å². The molecule has 1 heteroatoms. The molecule has 0 radical (unpaired) electrons. The molecule has 0 aliphatic heterocycles. The molecule has 0 nitrogen and oxygen atoms in total. The quantitative estimate of drug-likeness (QED) is 0.194. The van der Waals surface area contributed by atoms with Crippen LogP contribution in [0.3, 0.4) is 0 Å². The molecular weight excluding hydrogens is 524 g/mol. The predicted molar refractivity (Wildman–Crippen MR) is 158 cm³/mol. The molecule has 37 heavy (non-hydrogen) atoms. The van der Waals surface area contributed by atoms with Gasteiger partial charge in [0, 0.05) is 0 Å². The summed E-state index contributed by atoms with van der Waals surface area (Å²) >= 11 is 1.46. The third-order valence-electron chi connectivity index (χ3n) is 6.53. The monoisotopic (exact) mass is 556 g/mol. The molecule has 1 aliphatic rings. The fraction of sp³-hybridized carbons (Fsp3) is 0.167. The summed E-state index contributed by atoms with van der Waals surface area (Å²) in [4.78, 5) is 0. The van der Waals surface area contributed by atoms with Crippen LogP contribution in [0.25, 0.3) is 21.5 Å². The molecule has 0 bridgehead atoms. The second-order valence-electron chi connectivity index (χ2n) is 9.84. The minimum atomic E-state index is 0.685.